The molecule has 1 amide bonds. The van der Waals surface area contributed by atoms with Crippen molar-refractivity contribution in [1.82, 2.24) is 4.57 Å². The van der Waals surface area contributed by atoms with Crippen molar-refractivity contribution in [1.29, 1.82) is 0 Å². The summed E-state index contributed by atoms with van der Waals surface area (Å²) in [4.78, 5) is 46.6. The Labute approximate surface area is 257 Å². The summed E-state index contributed by atoms with van der Waals surface area (Å²) >= 11 is 1.18. The van der Waals surface area contributed by atoms with Crippen molar-refractivity contribution in [3.05, 3.63) is 121 Å². The quantitative estimate of drug-likeness (QED) is 0.278. The van der Waals surface area contributed by atoms with Gasteiger partial charge >= 0.3 is 5.97 Å². The van der Waals surface area contributed by atoms with Crippen molar-refractivity contribution in [2.45, 2.75) is 26.8 Å². The summed E-state index contributed by atoms with van der Waals surface area (Å²) in [6, 6.07) is 25.0. The summed E-state index contributed by atoms with van der Waals surface area (Å²) in [5.74, 6) is -0.861. The Morgan fingerprint density at radius 2 is 1.61 bits per heavy atom. The molecule has 0 N–H and O–H groups in total. The zero-order chi connectivity index (χ0) is 30.8. The van der Waals surface area contributed by atoms with Gasteiger partial charge < -0.3 is 9.47 Å². The van der Waals surface area contributed by atoms with Gasteiger partial charge in [-0.15, -0.1) is 0 Å². The van der Waals surface area contributed by atoms with Gasteiger partial charge in [-0.05, 0) is 56.7 Å². The molecule has 44 heavy (non-hydrogen) atoms. The number of carbonyl (C=O) groups excluding carboxylic acids is 2. The molecule has 0 aliphatic carbocycles. The first-order valence-electron chi connectivity index (χ1n) is 14.4. The van der Waals surface area contributed by atoms with E-state index in [0.29, 0.717) is 44.3 Å². The molecule has 1 aromatic heterocycles. The van der Waals surface area contributed by atoms with Crippen LogP contribution in [0.5, 0.6) is 5.75 Å². The van der Waals surface area contributed by atoms with Crippen LogP contribution < -0.4 is 24.6 Å². The normalized spacial score (nSPS) is 18.2. The van der Waals surface area contributed by atoms with Crippen LogP contribution in [-0.4, -0.2) is 35.4 Å². The molecule has 2 atom stereocenters. The van der Waals surface area contributed by atoms with E-state index in [1.165, 1.54) is 20.9 Å². The largest absolute Gasteiger partial charge is 0.494 e. The van der Waals surface area contributed by atoms with Crippen LogP contribution in [0, 0.1) is 5.92 Å². The summed E-state index contributed by atoms with van der Waals surface area (Å²) in [6.45, 7) is 6.08. The van der Waals surface area contributed by atoms with Crippen LogP contribution >= 0.6 is 11.3 Å². The number of hydrogen-bond acceptors (Lipinski definition) is 8. The molecule has 3 heterocycles. The number of thiazole rings is 1. The lowest BCUT2D eigenvalue weighted by Crippen LogP contribution is -2.40. The molecule has 222 valence electrons. The molecular weight excluding hydrogens is 576 g/mol. The maximum Gasteiger partial charge on any atom is 0.338 e. The first kappa shape index (κ1) is 29.0. The summed E-state index contributed by atoms with van der Waals surface area (Å²) in [7, 11) is 0. The average molecular weight is 607 g/mol. The predicted octanol–water partition coefficient (Wildman–Crippen LogP) is 4.32. The fourth-order valence-corrected chi connectivity index (χ4v) is 6.37. The number of ether oxygens (including phenoxy) is 2. The highest BCUT2D eigenvalue weighted by Gasteiger charge is 2.37. The van der Waals surface area contributed by atoms with Crippen molar-refractivity contribution < 1.29 is 19.1 Å². The lowest BCUT2D eigenvalue weighted by atomic mass is 9.93. The van der Waals surface area contributed by atoms with E-state index < -0.39 is 17.9 Å². The van der Waals surface area contributed by atoms with Crippen LogP contribution in [0.2, 0.25) is 0 Å². The van der Waals surface area contributed by atoms with Crippen molar-refractivity contribution in [3.8, 4) is 5.75 Å². The number of hydrazone groups is 1. The molecule has 0 unspecified atom stereocenters. The Hall–Kier alpha value is -5.09. The summed E-state index contributed by atoms with van der Waals surface area (Å²) in [5.41, 5.74) is 2.96. The first-order chi connectivity index (χ1) is 21.4. The van der Waals surface area contributed by atoms with Gasteiger partial charge in [-0.3, -0.25) is 14.2 Å². The number of nitrogens with zero attached hydrogens (tertiary/aromatic N) is 4. The molecule has 0 radical (unpaired) electrons. The highest BCUT2D eigenvalue weighted by Crippen LogP contribution is 2.36. The number of esters is 1. The van der Waals surface area contributed by atoms with Crippen LogP contribution in [0.25, 0.3) is 11.8 Å². The molecule has 2 aliphatic rings. The molecule has 0 saturated carbocycles. The molecule has 3 aromatic carbocycles. The van der Waals surface area contributed by atoms with Gasteiger partial charge in [-0.2, -0.15) is 10.1 Å². The predicted molar refractivity (Wildman–Crippen MR) is 170 cm³/mol. The van der Waals surface area contributed by atoms with Gasteiger partial charge in [0.05, 0.1) is 46.5 Å². The van der Waals surface area contributed by atoms with E-state index in [4.69, 9.17) is 14.5 Å². The van der Waals surface area contributed by atoms with E-state index in [2.05, 4.69) is 5.10 Å². The van der Waals surface area contributed by atoms with Crippen LogP contribution in [0.3, 0.4) is 0 Å². The first-order valence-corrected chi connectivity index (χ1v) is 15.2. The SMILES string of the molecule is CCOC(=O)C1=C(c2ccccc2)N=c2s/c(=C\[C@H]3C(=O)N(c4ccccc4)N=C3C)c(=O)n2[C@H]1c1ccc(OCC)cc1. The monoisotopic (exact) mass is 606 g/mol. The van der Waals surface area contributed by atoms with Gasteiger partial charge in [0.2, 0.25) is 0 Å². The minimum atomic E-state index is -0.826. The highest BCUT2D eigenvalue weighted by molar-refractivity contribution is 7.07. The third-order valence-electron chi connectivity index (χ3n) is 7.38. The fourth-order valence-electron chi connectivity index (χ4n) is 5.36. The number of benzene rings is 3. The summed E-state index contributed by atoms with van der Waals surface area (Å²) in [6.07, 6.45) is 1.65. The summed E-state index contributed by atoms with van der Waals surface area (Å²) < 4.78 is 13.0. The van der Waals surface area contributed by atoms with E-state index in [1.807, 2.05) is 91.9 Å². The number of carbonyl (C=O) groups is 2. The van der Waals surface area contributed by atoms with Crippen LogP contribution in [0.1, 0.15) is 37.9 Å². The Kier molecular flexibility index (Phi) is 8.08. The smallest absolute Gasteiger partial charge is 0.338 e. The maximum absolute atomic E-state index is 14.2. The molecule has 0 bridgehead atoms. The molecule has 0 saturated heterocycles. The van der Waals surface area contributed by atoms with Crippen molar-refractivity contribution >= 4 is 46.4 Å². The molecule has 9 nitrogen and oxygen atoms in total. The number of fused-ring (bicyclic) bond motifs is 1. The van der Waals surface area contributed by atoms with Gasteiger partial charge in [-0.1, -0.05) is 72.0 Å². The number of anilines is 1. The molecule has 0 fully saturated rings. The third-order valence-corrected chi connectivity index (χ3v) is 8.38. The number of rotatable bonds is 8. The van der Waals surface area contributed by atoms with Crippen molar-refractivity contribution in [2.75, 3.05) is 18.2 Å². The minimum Gasteiger partial charge on any atom is -0.494 e. The van der Waals surface area contributed by atoms with Gasteiger partial charge in [0, 0.05) is 5.56 Å². The zero-order valence-corrected chi connectivity index (χ0v) is 25.3. The van der Waals surface area contributed by atoms with Gasteiger partial charge in [0.1, 0.15) is 11.7 Å². The van der Waals surface area contributed by atoms with Gasteiger partial charge in [-0.25, -0.2) is 9.79 Å². The number of aromatic nitrogens is 1. The number of amides is 1. The van der Waals surface area contributed by atoms with Crippen molar-refractivity contribution in [2.24, 2.45) is 16.0 Å². The number of hydrogen-bond donors (Lipinski definition) is 0. The summed E-state index contributed by atoms with van der Waals surface area (Å²) in [5, 5.41) is 5.85. The second-order valence-electron chi connectivity index (χ2n) is 10.2. The topological polar surface area (TPSA) is 103 Å². The molecule has 4 aromatic rings. The number of para-hydroxylation sites is 1. The van der Waals surface area contributed by atoms with E-state index in [0.717, 1.165) is 5.56 Å². The molecule has 6 rings (SSSR count). The molecule has 10 heteroatoms. The highest BCUT2D eigenvalue weighted by atomic mass is 32.1. The second-order valence-corrected chi connectivity index (χ2v) is 11.2. The van der Waals surface area contributed by atoms with Gasteiger partial charge in [0.15, 0.2) is 4.80 Å². The lowest BCUT2D eigenvalue weighted by molar-refractivity contribution is -0.138. The van der Waals surface area contributed by atoms with E-state index in [-0.39, 0.29) is 23.6 Å². The molecular formula is C34H30N4O5S. The second kappa shape index (κ2) is 12.3. The Morgan fingerprint density at radius 1 is 0.932 bits per heavy atom. The fraction of sp³-hybridized carbons (Fsp3) is 0.206. The standard InChI is InChI=1S/C34H30N4O5S/c1-4-42-25-18-16-23(17-19-25)30-28(33(41)43-5-2)29(22-12-8-6-9-13-22)35-34-37(30)32(40)27(44-34)20-26-21(3)36-38(31(26)39)24-14-10-7-11-15-24/h6-20,26,30H,4-5H2,1-3H3/b27-20-/t26-,30+/m1/s1. The molecule has 0 spiro atoms. The van der Waals surface area contributed by atoms with Crippen LogP contribution in [-0.2, 0) is 14.3 Å². The third kappa shape index (κ3) is 5.28. The van der Waals surface area contributed by atoms with E-state index in [1.54, 1.807) is 19.9 Å². The average Bonchev–Trinajstić information content (AvgIpc) is 3.52. The van der Waals surface area contributed by atoms with E-state index >= 15 is 0 Å². The Balaban J connectivity index is 1.54. The maximum atomic E-state index is 14.2. The van der Waals surface area contributed by atoms with Crippen molar-refractivity contribution in [3.63, 3.8) is 0 Å². The zero-order valence-electron chi connectivity index (χ0n) is 24.5. The van der Waals surface area contributed by atoms with Crippen LogP contribution in [0.4, 0.5) is 5.69 Å². The Bertz CT molecular complexity index is 1960. The minimum absolute atomic E-state index is 0.158. The molecule has 2 aliphatic heterocycles. The van der Waals surface area contributed by atoms with E-state index in [9.17, 15) is 14.4 Å². The lowest BCUT2D eigenvalue weighted by Gasteiger charge is -2.26. The Morgan fingerprint density at radius 3 is 2.27 bits per heavy atom. The van der Waals surface area contributed by atoms with Gasteiger partial charge in [0.25, 0.3) is 11.5 Å². The van der Waals surface area contributed by atoms with Crippen LogP contribution in [0.15, 0.2) is 105 Å².